The predicted octanol–water partition coefficient (Wildman–Crippen LogP) is -0.505. The van der Waals surface area contributed by atoms with Crippen molar-refractivity contribution in [3.8, 4) is 0 Å². The Hall–Kier alpha value is 1.42. The second-order valence-corrected chi connectivity index (χ2v) is 0. The van der Waals surface area contributed by atoms with Crippen molar-refractivity contribution in [2.75, 3.05) is 0 Å². The zero-order chi connectivity index (χ0) is 2.00. The van der Waals surface area contributed by atoms with Crippen LogP contribution in [-0.2, 0) is 36.6 Å². The molecule has 4 heteroatoms. The molecule has 0 unspecified atom stereocenters. The molecule has 0 aliphatic carbocycles. The van der Waals surface area contributed by atoms with E-state index in [4.69, 9.17) is 3.87 Å². The van der Waals surface area contributed by atoms with Crippen LogP contribution in [0.1, 0.15) is 0 Å². The van der Waals surface area contributed by atoms with E-state index in [0.717, 1.165) is 0 Å². The molecule has 0 saturated heterocycles. The SMILES string of the molecule is [Fe].[Li].[O]=[Co]. The van der Waals surface area contributed by atoms with E-state index in [9.17, 15) is 0 Å². The molecule has 24 valence electrons. The van der Waals surface area contributed by atoms with Gasteiger partial charge in [0.25, 0.3) is 0 Å². The van der Waals surface area contributed by atoms with Gasteiger partial charge in [-0.3, -0.25) is 0 Å². The molecule has 0 heterocycles. The summed E-state index contributed by atoms with van der Waals surface area (Å²) in [5, 5.41) is 0. The molecule has 0 fully saturated rings. The molecule has 0 aliphatic rings. The van der Waals surface area contributed by atoms with Gasteiger partial charge in [0.15, 0.2) is 0 Å². The summed E-state index contributed by atoms with van der Waals surface area (Å²) in [5.41, 5.74) is 0. The van der Waals surface area contributed by atoms with E-state index < -0.39 is 0 Å². The van der Waals surface area contributed by atoms with E-state index in [2.05, 4.69) is 15.7 Å². The van der Waals surface area contributed by atoms with Gasteiger partial charge in [-0.25, -0.2) is 0 Å². The Kier molecular flexibility index (Phi) is 116. The van der Waals surface area contributed by atoms with Crippen molar-refractivity contribution in [1.29, 1.82) is 0 Å². The fourth-order valence-electron chi connectivity index (χ4n) is 0. The predicted molar refractivity (Wildman–Crippen MR) is 6.44 cm³/mol. The summed E-state index contributed by atoms with van der Waals surface area (Å²) in [6.45, 7) is 0. The topological polar surface area (TPSA) is 17.1 Å². The van der Waals surface area contributed by atoms with Crippen LogP contribution in [0.5, 0.6) is 0 Å². The summed E-state index contributed by atoms with van der Waals surface area (Å²) >= 11 is 2.31. The summed E-state index contributed by atoms with van der Waals surface area (Å²) in [6, 6.07) is 0. The van der Waals surface area contributed by atoms with Gasteiger partial charge in [-0.15, -0.1) is 0 Å². The van der Waals surface area contributed by atoms with Crippen LogP contribution in [0.3, 0.4) is 0 Å². The average Bonchev–Trinajstić information content (AvgIpc) is 1.00. The van der Waals surface area contributed by atoms with Crippen molar-refractivity contribution in [3.63, 3.8) is 0 Å². The Bertz CT molecular complexity index is 8.00. The molecule has 0 saturated carbocycles. The maximum atomic E-state index is 7.94. The molecule has 0 rings (SSSR count). The maximum absolute atomic E-state index is 7.94. The molecular weight excluding hydrogens is 138 g/mol. The fourth-order valence-corrected chi connectivity index (χ4v) is 0. The van der Waals surface area contributed by atoms with Crippen molar-refractivity contribution in [2.24, 2.45) is 0 Å². The van der Waals surface area contributed by atoms with E-state index in [1.807, 2.05) is 0 Å². The number of rotatable bonds is 0. The van der Waals surface area contributed by atoms with Gasteiger partial charge in [0, 0.05) is 35.9 Å². The summed E-state index contributed by atoms with van der Waals surface area (Å²) in [7, 11) is 0. The van der Waals surface area contributed by atoms with Crippen molar-refractivity contribution in [2.45, 2.75) is 0 Å². The van der Waals surface area contributed by atoms with Gasteiger partial charge in [-0.1, -0.05) is 0 Å². The molecule has 0 aromatic carbocycles. The van der Waals surface area contributed by atoms with Crippen LogP contribution in [0.4, 0.5) is 0 Å². The van der Waals surface area contributed by atoms with E-state index >= 15 is 0 Å². The quantitative estimate of drug-likeness (QED) is 0.412. The van der Waals surface area contributed by atoms with Crippen molar-refractivity contribution >= 4 is 18.9 Å². The summed E-state index contributed by atoms with van der Waals surface area (Å²) in [5.74, 6) is 0. The molecule has 0 aliphatic heterocycles. The van der Waals surface area contributed by atoms with Gasteiger partial charge in [-0.2, -0.15) is 0 Å². The van der Waals surface area contributed by atoms with Crippen molar-refractivity contribution in [1.82, 2.24) is 0 Å². The third-order valence-electron chi connectivity index (χ3n) is 0. The van der Waals surface area contributed by atoms with Crippen LogP contribution in [0, 0.1) is 0 Å². The minimum atomic E-state index is 0. The van der Waals surface area contributed by atoms with E-state index in [1.54, 1.807) is 0 Å². The van der Waals surface area contributed by atoms with Crippen LogP contribution in [0.25, 0.3) is 0 Å². The monoisotopic (exact) mass is 138 g/mol. The van der Waals surface area contributed by atoms with Gasteiger partial charge in [0.1, 0.15) is 0 Å². The first-order valence-corrected chi connectivity index (χ1v) is 0.561. The van der Waals surface area contributed by atoms with Crippen LogP contribution in [-0.4, -0.2) is 18.9 Å². The molecule has 0 aromatic heterocycles. The standard InChI is InChI=1S/Co.Fe.Li.O. The Morgan fingerprint density at radius 1 is 1.25 bits per heavy atom. The third kappa shape index (κ3) is 9.92. The van der Waals surface area contributed by atoms with Gasteiger partial charge >= 0.3 is 19.5 Å². The molecule has 0 aromatic rings. The molecule has 4 heavy (non-hydrogen) atoms. The zero-order valence-electron chi connectivity index (χ0n) is 2.10. The second kappa shape index (κ2) is 25.6. The molecule has 0 amide bonds. The molecule has 0 bridgehead atoms. The van der Waals surface area contributed by atoms with E-state index in [-0.39, 0.29) is 35.9 Å². The number of hydrogen-bond acceptors (Lipinski definition) is 1. The van der Waals surface area contributed by atoms with E-state index in [0.29, 0.717) is 0 Å². The molecule has 1 radical (unpaired) electrons. The minimum absolute atomic E-state index is 0. The number of hydrogen-bond donors (Lipinski definition) is 0. The normalized spacial score (nSPS) is 1.25. The first kappa shape index (κ1) is 18.1. The molecule has 0 N–H and O–H groups in total. The first-order valence-electron chi connectivity index (χ1n) is 0.136. The first-order chi connectivity index (χ1) is 1.00. The van der Waals surface area contributed by atoms with Crippen LogP contribution < -0.4 is 0 Å². The third-order valence-corrected chi connectivity index (χ3v) is 0. The molecule has 0 atom stereocenters. The van der Waals surface area contributed by atoms with Crippen LogP contribution in [0.15, 0.2) is 0 Å². The summed E-state index contributed by atoms with van der Waals surface area (Å²) < 4.78 is 7.94. The van der Waals surface area contributed by atoms with Gasteiger partial charge in [-0.05, 0) is 0 Å². The van der Waals surface area contributed by atoms with E-state index in [1.165, 1.54) is 0 Å². The van der Waals surface area contributed by atoms with Crippen molar-refractivity contribution < 1.29 is 36.6 Å². The Labute approximate surface area is 55.3 Å². The molecule has 1 nitrogen and oxygen atoms in total. The molecule has 0 spiro atoms. The van der Waals surface area contributed by atoms with Gasteiger partial charge in [0.05, 0.1) is 0 Å². The zero-order valence-corrected chi connectivity index (χ0v) is 4.24. The Morgan fingerprint density at radius 3 is 1.25 bits per heavy atom. The fraction of sp³-hybridized carbons (Fsp3) is 0. The average molecular weight is 138 g/mol. The van der Waals surface area contributed by atoms with Gasteiger partial charge in [0.2, 0.25) is 0 Å². The van der Waals surface area contributed by atoms with Gasteiger partial charge < -0.3 is 0 Å². The Morgan fingerprint density at radius 2 is 1.25 bits per heavy atom. The summed E-state index contributed by atoms with van der Waals surface area (Å²) in [4.78, 5) is 0. The summed E-state index contributed by atoms with van der Waals surface area (Å²) in [6.07, 6.45) is 0. The van der Waals surface area contributed by atoms with Crippen LogP contribution in [0.2, 0.25) is 0 Å². The van der Waals surface area contributed by atoms with Crippen molar-refractivity contribution in [3.05, 3.63) is 0 Å². The Balaban J connectivity index is -0.00000000500. The second-order valence-electron chi connectivity index (χ2n) is 0. The molecular formula is CoFeLiO. The van der Waals surface area contributed by atoms with Crippen LogP contribution >= 0.6 is 0 Å².